The molecule has 0 aliphatic carbocycles. The van der Waals surface area contributed by atoms with Crippen molar-refractivity contribution in [2.45, 2.75) is 20.3 Å². The molecule has 2 aromatic carbocycles. The molecule has 0 unspecified atom stereocenters. The summed E-state index contributed by atoms with van der Waals surface area (Å²) in [6.07, 6.45) is 0.791. The quantitative estimate of drug-likeness (QED) is 0.156. The number of rotatable bonds is 10. The van der Waals surface area contributed by atoms with E-state index < -0.39 is 10.9 Å². The number of carbonyl (C=O) groups excluding carboxylic acids is 1. The number of hydrogen-bond acceptors (Lipinski definition) is 9. The van der Waals surface area contributed by atoms with Crippen molar-refractivity contribution in [1.29, 1.82) is 0 Å². The molecule has 2 aromatic rings. The van der Waals surface area contributed by atoms with E-state index in [-0.39, 0.29) is 18.9 Å². The second kappa shape index (κ2) is 10.6. The minimum absolute atomic E-state index is 0.0353. The average Bonchev–Trinajstić information content (AvgIpc) is 2.69. The van der Waals surface area contributed by atoms with Crippen LogP contribution < -0.4 is 15.2 Å². The fraction of sp³-hybridized carbons (Fsp3) is 0.316. The first-order valence-corrected chi connectivity index (χ1v) is 8.89. The van der Waals surface area contributed by atoms with E-state index in [4.69, 9.17) is 19.9 Å². The van der Waals surface area contributed by atoms with Crippen LogP contribution in [0.2, 0.25) is 0 Å². The number of anilines is 1. The zero-order chi connectivity index (χ0) is 21.2. The van der Waals surface area contributed by atoms with E-state index in [1.807, 2.05) is 6.92 Å². The third kappa shape index (κ3) is 6.76. The Morgan fingerprint density at radius 2 is 1.76 bits per heavy atom. The molecule has 0 aliphatic rings. The van der Waals surface area contributed by atoms with Crippen LogP contribution >= 0.6 is 0 Å². The molecule has 2 N–H and O–H groups in total. The van der Waals surface area contributed by atoms with Crippen LogP contribution in [0.5, 0.6) is 11.5 Å². The lowest BCUT2D eigenvalue weighted by Crippen LogP contribution is -2.10. The molecule has 0 saturated heterocycles. The molecule has 0 fully saturated rings. The van der Waals surface area contributed by atoms with E-state index >= 15 is 0 Å². The van der Waals surface area contributed by atoms with E-state index in [1.54, 1.807) is 12.1 Å². The summed E-state index contributed by atoms with van der Waals surface area (Å²) in [5.41, 5.74) is 7.13. The molecule has 10 nitrogen and oxygen atoms in total. The number of benzene rings is 2. The summed E-state index contributed by atoms with van der Waals surface area (Å²) in [7, 11) is 0. The van der Waals surface area contributed by atoms with E-state index in [2.05, 4.69) is 10.2 Å². The molecule has 29 heavy (non-hydrogen) atoms. The maximum absolute atomic E-state index is 10.8. The van der Waals surface area contributed by atoms with Crippen molar-refractivity contribution in [3.8, 4) is 11.5 Å². The van der Waals surface area contributed by atoms with Gasteiger partial charge in [0.15, 0.2) is 0 Å². The number of hydrogen-bond donors (Lipinski definition) is 1. The molecule has 0 bridgehead atoms. The lowest BCUT2D eigenvalue weighted by Gasteiger charge is -2.13. The predicted molar refractivity (Wildman–Crippen MR) is 106 cm³/mol. The van der Waals surface area contributed by atoms with Crippen molar-refractivity contribution >= 4 is 28.7 Å². The minimum atomic E-state index is -0.489. The Morgan fingerprint density at radius 3 is 2.38 bits per heavy atom. The van der Waals surface area contributed by atoms with Crippen LogP contribution in [0.3, 0.4) is 0 Å². The highest BCUT2D eigenvalue weighted by Crippen LogP contribution is 2.38. The summed E-state index contributed by atoms with van der Waals surface area (Å²) in [6.45, 7) is 3.95. The Hall–Kier alpha value is -3.69. The van der Waals surface area contributed by atoms with Crippen molar-refractivity contribution in [2.24, 2.45) is 10.2 Å². The van der Waals surface area contributed by atoms with Crippen LogP contribution in [0.4, 0.5) is 22.7 Å². The number of nitrogens with zero attached hydrogens (tertiary/aromatic N) is 3. The predicted octanol–water partition coefficient (Wildman–Crippen LogP) is 4.32. The molecule has 0 atom stereocenters. The Labute approximate surface area is 167 Å². The third-order valence-corrected chi connectivity index (χ3v) is 3.53. The van der Waals surface area contributed by atoms with Gasteiger partial charge in [0.2, 0.25) is 0 Å². The first-order valence-electron chi connectivity index (χ1n) is 8.89. The van der Waals surface area contributed by atoms with Gasteiger partial charge in [0.1, 0.15) is 30.4 Å². The van der Waals surface area contributed by atoms with Crippen LogP contribution in [0, 0.1) is 10.1 Å². The molecule has 0 aliphatic heterocycles. The number of nitrogen functional groups attached to an aromatic ring is 1. The highest BCUT2D eigenvalue weighted by molar-refractivity contribution is 5.67. The summed E-state index contributed by atoms with van der Waals surface area (Å²) in [5.74, 6) is 0.378. The zero-order valence-corrected chi connectivity index (χ0v) is 16.2. The van der Waals surface area contributed by atoms with Gasteiger partial charge < -0.3 is 19.9 Å². The number of ether oxygens (including phenoxy) is 3. The highest BCUT2D eigenvalue weighted by Gasteiger charge is 2.11. The van der Waals surface area contributed by atoms with Crippen molar-refractivity contribution in [3.63, 3.8) is 0 Å². The van der Waals surface area contributed by atoms with Gasteiger partial charge in [-0.15, -0.1) is 5.11 Å². The lowest BCUT2D eigenvalue weighted by atomic mass is 10.2. The lowest BCUT2D eigenvalue weighted by molar-refractivity contribution is -0.384. The van der Waals surface area contributed by atoms with E-state index in [9.17, 15) is 14.9 Å². The van der Waals surface area contributed by atoms with E-state index in [0.717, 1.165) is 6.42 Å². The number of nitro groups is 1. The van der Waals surface area contributed by atoms with Gasteiger partial charge >= 0.3 is 5.97 Å². The summed E-state index contributed by atoms with van der Waals surface area (Å²) in [5, 5.41) is 19.0. The van der Waals surface area contributed by atoms with E-state index in [1.165, 1.54) is 31.2 Å². The number of nitrogens with two attached hydrogens (primary N) is 1. The number of carbonyl (C=O) groups is 1. The Kier molecular flexibility index (Phi) is 7.89. The first kappa shape index (κ1) is 21.6. The molecule has 0 heterocycles. The topological polar surface area (TPSA) is 139 Å². The van der Waals surface area contributed by atoms with Crippen LogP contribution in [-0.2, 0) is 9.53 Å². The Morgan fingerprint density at radius 1 is 1.07 bits per heavy atom. The standard InChI is InChI=1S/C19H22N4O6/c1-3-8-28-19-11-16(20)18(29-10-9-27-13(2)24)12-17(19)22-21-14-4-6-15(7-5-14)23(25)26/h4-7,11-12H,3,8-10,20H2,1-2H3. The smallest absolute Gasteiger partial charge is 0.302 e. The molecule has 0 aromatic heterocycles. The summed E-state index contributed by atoms with van der Waals surface area (Å²) >= 11 is 0. The maximum Gasteiger partial charge on any atom is 0.302 e. The largest absolute Gasteiger partial charge is 0.491 e. The molecule has 154 valence electrons. The van der Waals surface area contributed by atoms with Gasteiger partial charge in [0, 0.05) is 31.2 Å². The Balaban J connectivity index is 2.22. The summed E-state index contributed by atoms with van der Waals surface area (Å²) < 4.78 is 16.0. The third-order valence-electron chi connectivity index (χ3n) is 3.53. The first-order chi connectivity index (χ1) is 13.9. The SMILES string of the molecule is CCCOc1cc(N)c(OCCOC(C)=O)cc1N=Nc1ccc([N+](=O)[O-])cc1. The highest BCUT2D eigenvalue weighted by atomic mass is 16.6. The molecule has 0 amide bonds. The van der Waals surface area contributed by atoms with Gasteiger partial charge in [-0.3, -0.25) is 14.9 Å². The molecule has 0 spiro atoms. The summed E-state index contributed by atoms with van der Waals surface area (Å²) in [4.78, 5) is 21.1. The monoisotopic (exact) mass is 402 g/mol. The number of esters is 1. The van der Waals surface area contributed by atoms with Crippen LogP contribution in [0.1, 0.15) is 20.3 Å². The van der Waals surface area contributed by atoms with E-state index in [0.29, 0.717) is 35.2 Å². The average molecular weight is 402 g/mol. The van der Waals surface area contributed by atoms with Crippen LogP contribution in [0.15, 0.2) is 46.6 Å². The second-order valence-electron chi connectivity index (χ2n) is 5.87. The summed E-state index contributed by atoms with van der Waals surface area (Å²) in [6, 6.07) is 8.82. The van der Waals surface area contributed by atoms with Crippen molar-refractivity contribution < 1.29 is 23.9 Å². The molecule has 0 saturated carbocycles. The number of azo groups is 1. The van der Waals surface area contributed by atoms with Gasteiger partial charge in [-0.1, -0.05) is 6.92 Å². The van der Waals surface area contributed by atoms with Crippen molar-refractivity contribution in [1.82, 2.24) is 0 Å². The van der Waals surface area contributed by atoms with Gasteiger partial charge in [0.25, 0.3) is 5.69 Å². The fourth-order valence-corrected chi connectivity index (χ4v) is 2.19. The van der Waals surface area contributed by atoms with Crippen molar-refractivity contribution in [3.05, 3.63) is 46.5 Å². The minimum Gasteiger partial charge on any atom is -0.491 e. The molecule has 10 heteroatoms. The van der Waals surface area contributed by atoms with Gasteiger partial charge in [0.05, 0.1) is 22.9 Å². The fourth-order valence-electron chi connectivity index (χ4n) is 2.19. The number of non-ortho nitro benzene ring substituents is 1. The van der Waals surface area contributed by atoms with Gasteiger partial charge in [-0.2, -0.15) is 5.11 Å². The zero-order valence-electron chi connectivity index (χ0n) is 16.2. The maximum atomic E-state index is 10.8. The van der Waals surface area contributed by atoms with Crippen LogP contribution in [0.25, 0.3) is 0 Å². The second-order valence-corrected chi connectivity index (χ2v) is 5.87. The Bertz CT molecular complexity index is 883. The van der Waals surface area contributed by atoms with Gasteiger partial charge in [-0.25, -0.2) is 0 Å². The molecular formula is C19H22N4O6. The molecule has 2 rings (SSSR count). The molecular weight excluding hydrogens is 380 g/mol. The van der Waals surface area contributed by atoms with Crippen molar-refractivity contribution in [2.75, 3.05) is 25.6 Å². The normalized spacial score (nSPS) is 10.7. The number of nitro benzene ring substituents is 1. The molecule has 0 radical (unpaired) electrons. The van der Waals surface area contributed by atoms with Crippen LogP contribution in [-0.4, -0.2) is 30.7 Å². The van der Waals surface area contributed by atoms with Gasteiger partial charge in [-0.05, 0) is 18.6 Å².